The molecule has 29 heavy (non-hydrogen) atoms. The number of aromatic nitrogens is 1. The van der Waals surface area contributed by atoms with Crippen molar-refractivity contribution in [3.8, 4) is 0 Å². The number of ether oxygens (including phenoxy) is 1. The Hall–Kier alpha value is -3.43. The second-order valence-electron chi connectivity index (χ2n) is 6.18. The van der Waals surface area contributed by atoms with E-state index in [9.17, 15) is 9.59 Å². The largest absolute Gasteiger partial charge is 0.450 e. The van der Waals surface area contributed by atoms with Gasteiger partial charge in [-0.2, -0.15) is 0 Å². The molecule has 148 valence electrons. The van der Waals surface area contributed by atoms with Crippen LogP contribution in [0.1, 0.15) is 16.1 Å². The van der Waals surface area contributed by atoms with Crippen LogP contribution in [-0.4, -0.2) is 30.5 Å². The maximum Gasteiger partial charge on any atom is 0.305 e. The molecule has 2 amide bonds. The smallest absolute Gasteiger partial charge is 0.305 e. The SMILES string of the molecule is COCc1c(C(=O)NNC(=O)CNc2nc3ccccc3s2)oc2ccccc12. The fourth-order valence-corrected chi connectivity index (χ4v) is 3.76. The van der Waals surface area contributed by atoms with Crippen molar-refractivity contribution in [1.82, 2.24) is 15.8 Å². The van der Waals surface area contributed by atoms with Crippen LogP contribution < -0.4 is 16.2 Å². The molecule has 4 aromatic rings. The number of hydrogen-bond donors (Lipinski definition) is 3. The van der Waals surface area contributed by atoms with Gasteiger partial charge in [0, 0.05) is 18.1 Å². The number of carbonyl (C=O) groups excluding carboxylic acids is 2. The minimum atomic E-state index is -0.554. The van der Waals surface area contributed by atoms with E-state index in [1.54, 1.807) is 13.2 Å². The fourth-order valence-electron chi connectivity index (χ4n) is 2.90. The first-order valence-corrected chi connectivity index (χ1v) is 9.65. The Morgan fingerprint density at radius 2 is 1.90 bits per heavy atom. The predicted molar refractivity (Wildman–Crippen MR) is 111 cm³/mol. The summed E-state index contributed by atoms with van der Waals surface area (Å²) in [5, 5.41) is 4.38. The third-order valence-electron chi connectivity index (χ3n) is 4.20. The van der Waals surface area contributed by atoms with Gasteiger partial charge in [-0.05, 0) is 18.2 Å². The lowest BCUT2D eigenvalue weighted by Crippen LogP contribution is -2.44. The highest BCUT2D eigenvalue weighted by molar-refractivity contribution is 7.22. The van der Waals surface area contributed by atoms with E-state index in [1.807, 2.05) is 42.5 Å². The number of para-hydroxylation sites is 2. The molecule has 9 heteroatoms. The number of fused-ring (bicyclic) bond motifs is 2. The molecule has 2 heterocycles. The van der Waals surface area contributed by atoms with E-state index in [2.05, 4.69) is 21.2 Å². The molecule has 2 aromatic heterocycles. The van der Waals surface area contributed by atoms with Gasteiger partial charge in [-0.3, -0.25) is 20.4 Å². The summed E-state index contributed by atoms with van der Waals surface area (Å²) in [4.78, 5) is 29.0. The Kier molecular flexibility index (Phi) is 5.41. The van der Waals surface area contributed by atoms with Gasteiger partial charge in [-0.1, -0.05) is 41.7 Å². The molecular weight excluding hydrogens is 392 g/mol. The van der Waals surface area contributed by atoms with Crippen molar-refractivity contribution in [2.75, 3.05) is 19.0 Å². The summed E-state index contributed by atoms with van der Waals surface area (Å²) >= 11 is 1.45. The van der Waals surface area contributed by atoms with Gasteiger partial charge in [0.25, 0.3) is 5.91 Å². The van der Waals surface area contributed by atoms with Crippen molar-refractivity contribution in [3.63, 3.8) is 0 Å². The van der Waals surface area contributed by atoms with Crippen LogP contribution in [-0.2, 0) is 16.1 Å². The maximum absolute atomic E-state index is 12.5. The summed E-state index contributed by atoms with van der Waals surface area (Å²) in [6.45, 7) is 0.179. The molecule has 0 saturated heterocycles. The van der Waals surface area contributed by atoms with E-state index in [0.717, 1.165) is 15.6 Å². The lowest BCUT2D eigenvalue weighted by molar-refractivity contribution is -0.120. The van der Waals surface area contributed by atoms with Gasteiger partial charge in [0.2, 0.25) is 0 Å². The highest BCUT2D eigenvalue weighted by Crippen LogP contribution is 2.26. The molecule has 0 unspecified atom stereocenters. The van der Waals surface area contributed by atoms with Crippen molar-refractivity contribution < 1.29 is 18.7 Å². The summed E-state index contributed by atoms with van der Waals surface area (Å²) in [6.07, 6.45) is 0. The quantitative estimate of drug-likeness (QED) is 0.422. The number of nitrogens with one attached hydrogen (secondary N) is 3. The van der Waals surface area contributed by atoms with Crippen LogP contribution in [0.5, 0.6) is 0 Å². The van der Waals surface area contributed by atoms with Crippen molar-refractivity contribution in [1.29, 1.82) is 0 Å². The summed E-state index contributed by atoms with van der Waals surface area (Å²) in [5.74, 6) is -0.865. The Bertz CT molecular complexity index is 1150. The molecule has 4 rings (SSSR count). The molecule has 0 aliphatic carbocycles. The zero-order chi connectivity index (χ0) is 20.2. The average Bonchev–Trinajstić information content (AvgIpc) is 3.32. The highest BCUT2D eigenvalue weighted by atomic mass is 32.1. The molecule has 2 aromatic carbocycles. The van der Waals surface area contributed by atoms with Crippen molar-refractivity contribution >= 4 is 49.5 Å². The number of rotatable bonds is 6. The van der Waals surface area contributed by atoms with Crippen molar-refractivity contribution in [3.05, 3.63) is 59.9 Å². The van der Waals surface area contributed by atoms with Gasteiger partial charge in [-0.25, -0.2) is 4.98 Å². The van der Waals surface area contributed by atoms with E-state index in [-0.39, 0.29) is 18.9 Å². The van der Waals surface area contributed by atoms with Crippen LogP contribution in [0.2, 0.25) is 0 Å². The molecule has 0 aliphatic heterocycles. The lowest BCUT2D eigenvalue weighted by Gasteiger charge is -2.07. The standard InChI is InChI=1S/C20H18N4O4S/c1-27-11-13-12-6-2-4-8-15(12)28-18(13)19(26)24-23-17(25)10-21-20-22-14-7-3-5-9-16(14)29-20/h2-9H,10-11H2,1H3,(H,21,22)(H,23,25)(H,24,26). The number of nitrogens with zero attached hydrogens (tertiary/aromatic N) is 1. The van der Waals surface area contributed by atoms with Gasteiger partial charge in [-0.15, -0.1) is 0 Å². The number of anilines is 1. The first-order valence-electron chi connectivity index (χ1n) is 8.83. The number of carbonyl (C=O) groups is 2. The summed E-state index contributed by atoms with van der Waals surface area (Å²) in [5.41, 5.74) is 6.82. The summed E-state index contributed by atoms with van der Waals surface area (Å²) in [6, 6.07) is 15.0. The van der Waals surface area contributed by atoms with Crippen LogP contribution in [0.3, 0.4) is 0 Å². The van der Waals surface area contributed by atoms with E-state index < -0.39 is 11.8 Å². The van der Waals surface area contributed by atoms with Crippen LogP contribution in [0.15, 0.2) is 52.9 Å². The molecule has 0 saturated carbocycles. The molecule has 0 spiro atoms. The van der Waals surface area contributed by atoms with E-state index in [0.29, 0.717) is 16.3 Å². The Labute approximate surface area is 169 Å². The van der Waals surface area contributed by atoms with Gasteiger partial charge in [0.15, 0.2) is 10.9 Å². The molecular formula is C20H18N4O4S. The molecule has 3 N–H and O–H groups in total. The lowest BCUT2D eigenvalue weighted by atomic mass is 10.1. The van der Waals surface area contributed by atoms with Crippen molar-refractivity contribution in [2.24, 2.45) is 0 Å². The zero-order valence-electron chi connectivity index (χ0n) is 15.5. The third-order valence-corrected chi connectivity index (χ3v) is 5.20. The second kappa shape index (κ2) is 8.29. The molecule has 0 radical (unpaired) electrons. The average molecular weight is 410 g/mol. The number of benzene rings is 2. The molecule has 8 nitrogen and oxygen atoms in total. The number of hydrogen-bond acceptors (Lipinski definition) is 7. The van der Waals surface area contributed by atoms with Crippen LogP contribution in [0.4, 0.5) is 5.13 Å². The number of furan rings is 1. The molecule has 0 aliphatic rings. The van der Waals surface area contributed by atoms with Gasteiger partial charge < -0.3 is 14.5 Å². The minimum Gasteiger partial charge on any atom is -0.450 e. The van der Waals surface area contributed by atoms with Crippen LogP contribution >= 0.6 is 11.3 Å². The number of thiazole rings is 1. The third kappa shape index (κ3) is 4.05. The van der Waals surface area contributed by atoms with Gasteiger partial charge in [0.05, 0.1) is 23.4 Å². The molecule has 0 bridgehead atoms. The fraction of sp³-hybridized carbons (Fsp3) is 0.150. The van der Waals surface area contributed by atoms with Gasteiger partial charge >= 0.3 is 5.91 Å². The number of methoxy groups -OCH3 is 1. The normalized spacial score (nSPS) is 10.9. The molecule has 0 atom stereocenters. The van der Waals surface area contributed by atoms with E-state index in [4.69, 9.17) is 9.15 Å². The first-order chi connectivity index (χ1) is 14.2. The second-order valence-corrected chi connectivity index (χ2v) is 7.21. The minimum absolute atomic E-state index is 0.0365. The zero-order valence-corrected chi connectivity index (χ0v) is 16.3. The Morgan fingerprint density at radius 1 is 1.10 bits per heavy atom. The number of hydrazine groups is 1. The summed E-state index contributed by atoms with van der Waals surface area (Å²) < 4.78 is 11.8. The van der Waals surface area contributed by atoms with Gasteiger partial charge in [0.1, 0.15) is 5.58 Å². The predicted octanol–water partition coefficient (Wildman–Crippen LogP) is 3.06. The van der Waals surface area contributed by atoms with Crippen molar-refractivity contribution in [2.45, 2.75) is 6.61 Å². The first kappa shape index (κ1) is 18.9. The topological polar surface area (TPSA) is 105 Å². The Morgan fingerprint density at radius 3 is 2.72 bits per heavy atom. The maximum atomic E-state index is 12.5. The monoisotopic (exact) mass is 410 g/mol. The van der Waals surface area contributed by atoms with E-state index >= 15 is 0 Å². The Balaban J connectivity index is 1.37. The summed E-state index contributed by atoms with van der Waals surface area (Å²) in [7, 11) is 1.54. The highest BCUT2D eigenvalue weighted by Gasteiger charge is 2.20. The van der Waals surface area contributed by atoms with Crippen LogP contribution in [0.25, 0.3) is 21.2 Å². The van der Waals surface area contributed by atoms with E-state index in [1.165, 1.54) is 11.3 Å². The number of amides is 2. The van der Waals surface area contributed by atoms with Crippen LogP contribution in [0, 0.1) is 0 Å². The molecule has 0 fully saturated rings.